The highest BCUT2D eigenvalue weighted by atomic mass is 16.2. The molecule has 4 saturated carbocycles. The van der Waals surface area contributed by atoms with Crippen molar-refractivity contribution in [2.75, 3.05) is 0 Å². The van der Waals surface area contributed by atoms with Crippen LogP contribution in [0.2, 0.25) is 0 Å². The zero-order valence-corrected chi connectivity index (χ0v) is 20.5. The molecule has 4 aliphatic carbocycles. The monoisotopic (exact) mass is 428 g/mol. The first kappa shape index (κ1) is 23.2. The lowest BCUT2D eigenvalue weighted by atomic mass is 9.44. The normalized spacial score (nSPS) is 43.8. The zero-order valence-electron chi connectivity index (χ0n) is 20.5. The fraction of sp³-hybridized carbons (Fsp3) is 0.893. The second-order valence-corrected chi connectivity index (χ2v) is 12.4. The van der Waals surface area contributed by atoms with Gasteiger partial charge in [0.15, 0.2) is 5.78 Å². The highest BCUT2D eigenvalue weighted by Crippen LogP contribution is 2.68. The minimum Gasteiger partial charge on any atom is -0.299 e. The number of Topliss-reactive ketones (excluding diaryl/α,β-unsaturated/α-hetero) is 3. The molecule has 0 bridgehead atoms. The molecule has 0 heterocycles. The molecule has 3 heteroatoms. The molecule has 174 valence electrons. The molecule has 0 amide bonds. The van der Waals surface area contributed by atoms with E-state index in [0.29, 0.717) is 29.1 Å². The van der Waals surface area contributed by atoms with Crippen LogP contribution < -0.4 is 0 Å². The van der Waals surface area contributed by atoms with Crippen molar-refractivity contribution < 1.29 is 14.4 Å². The fourth-order valence-corrected chi connectivity index (χ4v) is 9.51. The lowest BCUT2D eigenvalue weighted by Gasteiger charge is -2.61. The number of rotatable bonds is 6. The van der Waals surface area contributed by atoms with Crippen LogP contribution in [-0.2, 0) is 14.4 Å². The van der Waals surface area contributed by atoms with Crippen molar-refractivity contribution >= 4 is 17.3 Å². The molecular weight excluding hydrogens is 384 g/mol. The summed E-state index contributed by atoms with van der Waals surface area (Å²) >= 11 is 0. The summed E-state index contributed by atoms with van der Waals surface area (Å²) in [6.07, 6.45) is 14.4. The number of ketones is 3. The van der Waals surface area contributed by atoms with Gasteiger partial charge in [0.05, 0.1) is 5.92 Å². The molecule has 4 aliphatic rings. The molecule has 9 atom stereocenters. The van der Waals surface area contributed by atoms with E-state index in [1.807, 2.05) is 0 Å². The summed E-state index contributed by atoms with van der Waals surface area (Å²) in [5, 5.41) is 0. The predicted octanol–water partition coefficient (Wildman–Crippen LogP) is 6.42. The molecule has 0 aromatic rings. The van der Waals surface area contributed by atoms with Gasteiger partial charge in [-0.25, -0.2) is 0 Å². The number of hydrogen-bond acceptors (Lipinski definition) is 3. The molecule has 0 aliphatic heterocycles. The van der Waals surface area contributed by atoms with E-state index < -0.39 is 17.5 Å². The molecular formula is C28H44O3. The quantitative estimate of drug-likeness (QED) is 0.362. The van der Waals surface area contributed by atoms with Gasteiger partial charge in [-0.15, -0.1) is 0 Å². The van der Waals surface area contributed by atoms with Crippen LogP contribution >= 0.6 is 0 Å². The maximum atomic E-state index is 12.4. The van der Waals surface area contributed by atoms with Crippen molar-refractivity contribution in [1.29, 1.82) is 0 Å². The molecule has 0 radical (unpaired) electrons. The summed E-state index contributed by atoms with van der Waals surface area (Å²) in [6.45, 7) is 10.2. The Balaban J connectivity index is 1.51. The number of carbonyl (C=O) groups is 3. The van der Waals surface area contributed by atoms with Gasteiger partial charge >= 0.3 is 0 Å². The van der Waals surface area contributed by atoms with E-state index in [0.717, 1.165) is 23.7 Å². The van der Waals surface area contributed by atoms with Crippen LogP contribution in [0.5, 0.6) is 0 Å². The largest absolute Gasteiger partial charge is 0.299 e. The minimum absolute atomic E-state index is 0.140. The molecule has 0 saturated heterocycles. The van der Waals surface area contributed by atoms with Crippen molar-refractivity contribution in [3.63, 3.8) is 0 Å². The second kappa shape index (κ2) is 8.41. The third-order valence-electron chi connectivity index (χ3n) is 11.1. The zero-order chi connectivity index (χ0) is 22.6. The Morgan fingerprint density at radius 2 is 1.55 bits per heavy atom. The summed E-state index contributed by atoms with van der Waals surface area (Å²) < 4.78 is 0. The molecule has 4 fully saturated rings. The second-order valence-electron chi connectivity index (χ2n) is 12.4. The Morgan fingerprint density at radius 3 is 2.23 bits per heavy atom. The van der Waals surface area contributed by atoms with Crippen LogP contribution in [0.15, 0.2) is 0 Å². The van der Waals surface area contributed by atoms with Crippen LogP contribution in [0.3, 0.4) is 0 Å². The highest BCUT2D eigenvalue weighted by molar-refractivity contribution is 6.40. The van der Waals surface area contributed by atoms with E-state index in [1.165, 1.54) is 78.1 Å². The summed E-state index contributed by atoms with van der Waals surface area (Å²) in [7, 11) is 0. The van der Waals surface area contributed by atoms with Gasteiger partial charge in [-0.1, -0.05) is 33.6 Å². The van der Waals surface area contributed by atoms with E-state index in [9.17, 15) is 14.4 Å². The van der Waals surface area contributed by atoms with E-state index in [2.05, 4.69) is 20.8 Å². The smallest absolute Gasteiger partial charge is 0.208 e. The first-order chi connectivity index (χ1) is 14.6. The molecule has 0 spiro atoms. The van der Waals surface area contributed by atoms with E-state index in [4.69, 9.17) is 0 Å². The van der Waals surface area contributed by atoms with Crippen LogP contribution in [0.25, 0.3) is 0 Å². The summed E-state index contributed by atoms with van der Waals surface area (Å²) in [5.74, 6) is 2.59. The third-order valence-corrected chi connectivity index (χ3v) is 11.1. The summed E-state index contributed by atoms with van der Waals surface area (Å²) in [6, 6.07) is 0. The van der Waals surface area contributed by atoms with Gasteiger partial charge in [-0.2, -0.15) is 0 Å². The lowest BCUT2D eigenvalue weighted by Crippen LogP contribution is -2.53. The van der Waals surface area contributed by atoms with Crippen LogP contribution in [0.4, 0.5) is 0 Å². The fourth-order valence-electron chi connectivity index (χ4n) is 9.51. The van der Waals surface area contributed by atoms with Gasteiger partial charge in [0.25, 0.3) is 0 Å². The Hall–Kier alpha value is -0.990. The Labute approximate surface area is 189 Å². The molecule has 3 nitrogen and oxygen atoms in total. The van der Waals surface area contributed by atoms with Crippen molar-refractivity contribution in [2.24, 2.45) is 52.3 Å². The van der Waals surface area contributed by atoms with Gasteiger partial charge in [-0.3, -0.25) is 14.4 Å². The summed E-state index contributed by atoms with van der Waals surface area (Å²) in [5.41, 5.74) is 0.902. The van der Waals surface area contributed by atoms with Crippen molar-refractivity contribution in [2.45, 2.75) is 105 Å². The minimum atomic E-state index is -0.733. The average molecular weight is 429 g/mol. The Bertz CT molecular complexity index is 741. The van der Waals surface area contributed by atoms with Crippen molar-refractivity contribution in [3.8, 4) is 0 Å². The topological polar surface area (TPSA) is 51.2 Å². The Kier molecular flexibility index (Phi) is 6.29. The molecule has 0 aromatic heterocycles. The van der Waals surface area contributed by atoms with Crippen molar-refractivity contribution in [1.82, 2.24) is 0 Å². The number of fused-ring (bicyclic) bond motifs is 5. The van der Waals surface area contributed by atoms with E-state index in [1.54, 1.807) is 0 Å². The summed E-state index contributed by atoms with van der Waals surface area (Å²) in [4.78, 5) is 36.3. The first-order valence-electron chi connectivity index (χ1n) is 13.1. The van der Waals surface area contributed by atoms with Gasteiger partial charge in [0, 0.05) is 6.92 Å². The average Bonchev–Trinajstić information content (AvgIpc) is 3.08. The number of carbonyl (C=O) groups excluding carboxylic acids is 3. The third kappa shape index (κ3) is 3.76. The lowest BCUT2D eigenvalue weighted by molar-refractivity contribution is -0.142. The maximum absolute atomic E-state index is 12.4. The number of hydrogen-bond donors (Lipinski definition) is 0. The van der Waals surface area contributed by atoms with Gasteiger partial charge in [0.1, 0.15) is 5.78 Å². The van der Waals surface area contributed by atoms with Crippen LogP contribution in [0, 0.1) is 52.3 Å². The maximum Gasteiger partial charge on any atom is 0.208 e. The van der Waals surface area contributed by atoms with Crippen LogP contribution in [-0.4, -0.2) is 17.3 Å². The Morgan fingerprint density at radius 1 is 0.839 bits per heavy atom. The van der Waals surface area contributed by atoms with Crippen molar-refractivity contribution in [3.05, 3.63) is 0 Å². The molecule has 0 N–H and O–H groups in total. The standard InChI is InChI=1S/C28H44O3/c1-17(16-22(18(2)29)26(31)19(3)30)23-11-12-24-21-10-9-20-8-6-7-14-27(20,4)25(21)13-15-28(23,24)5/h17,20-25H,6-16H2,1-5H3/t17-,20?,21+,22?,23-,24+,25+,27+,28-/m1/s1. The van der Waals surface area contributed by atoms with E-state index >= 15 is 0 Å². The first-order valence-corrected chi connectivity index (χ1v) is 13.1. The molecule has 31 heavy (non-hydrogen) atoms. The van der Waals surface area contributed by atoms with Gasteiger partial charge < -0.3 is 0 Å². The van der Waals surface area contributed by atoms with Gasteiger partial charge in [0.2, 0.25) is 5.78 Å². The van der Waals surface area contributed by atoms with Gasteiger partial charge in [-0.05, 0) is 111 Å². The molecule has 2 unspecified atom stereocenters. The SMILES string of the molecule is CC(=O)C(=O)C(C[C@@H](C)[C@H]1CC[C@H]2[C@@H]3CCC4CCCC[C@]4(C)[C@H]3CC[C@]12C)C(C)=O. The highest BCUT2D eigenvalue weighted by Gasteiger charge is 2.60. The molecule has 0 aromatic carbocycles. The predicted molar refractivity (Wildman–Crippen MR) is 123 cm³/mol. The molecule has 4 rings (SSSR count). The van der Waals surface area contributed by atoms with Crippen LogP contribution in [0.1, 0.15) is 105 Å². The van der Waals surface area contributed by atoms with E-state index in [-0.39, 0.29) is 5.78 Å².